The zero-order chi connectivity index (χ0) is 15.3. The third-order valence-electron chi connectivity index (χ3n) is 4.07. The summed E-state index contributed by atoms with van der Waals surface area (Å²) < 4.78 is 2.82. The quantitative estimate of drug-likeness (QED) is 0.802. The Labute approximate surface area is 139 Å². The second kappa shape index (κ2) is 5.38. The first-order chi connectivity index (χ1) is 10.6. The van der Waals surface area contributed by atoms with Gasteiger partial charge in [-0.1, -0.05) is 15.9 Å². The van der Waals surface area contributed by atoms with E-state index in [1.54, 1.807) is 0 Å². The van der Waals surface area contributed by atoms with Crippen LogP contribution in [0.4, 0.5) is 5.69 Å². The summed E-state index contributed by atoms with van der Waals surface area (Å²) in [5, 5.41) is 19.3. The second-order valence-corrected chi connectivity index (χ2v) is 7.70. The van der Waals surface area contributed by atoms with Gasteiger partial charge >= 0.3 is 0 Å². The van der Waals surface area contributed by atoms with Crippen LogP contribution in [0.3, 0.4) is 0 Å². The number of hydrogen-bond donors (Lipinski definition) is 1. The maximum atomic E-state index is 11.7. The lowest BCUT2D eigenvalue weighted by molar-refractivity contribution is -0.119. The highest BCUT2D eigenvalue weighted by molar-refractivity contribution is 9.10. The van der Waals surface area contributed by atoms with Crippen molar-refractivity contribution in [3.05, 3.63) is 22.7 Å². The maximum Gasteiger partial charge on any atom is 0.267 e. The number of halogens is 1. The van der Waals surface area contributed by atoms with Gasteiger partial charge in [0.1, 0.15) is 0 Å². The van der Waals surface area contributed by atoms with Crippen LogP contribution in [0, 0.1) is 5.92 Å². The highest BCUT2D eigenvalue weighted by atomic mass is 79.9. The van der Waals surface area contributed by atoms with E-state index in [1.807, 2.05) is 34.5 Å². The average Bonchev–Trinajstić information content (AvgIpc) is 3.24. The van der Waals surface area contributed by atoms with Crippen LogP contribution >= 0.6 is 27.7 Å². The first-order valence-electron chi connectivity index (χ1n) is 7.21. The summed E-state index contributed by atoms with van der Waals surface area (Å²) >= 11 is 5.30. The Hall–Kier alpha value is -1.34. The molecule has 0 spiro atoms. The highest BCUT2D eigenvalue weighted by Gasteiger charge is 2.31. The number of azo groups is 1. The smallest absolute Gasteiger partial charge is 0.267 e. The fourth-order valence-corrected chi connectivity index (χ4v) is 3.71. The van der Waals surface area contributed by atoms with Gasteiger partial charge in [-0.2, -0.15) is 11.8 Å². The lowest BCUT2D eigenvalue weighted by Gasteiger charge is -2.27. The van der Waals surface area contributed by atoms with Crippen molar-refractivity contribution in [2.24, 2.45) is 16.1 Å². The molecule has 2 fully saturated rings. The van der Waals surface area contributed by atoms with Crippen LogP contribution in [-0.2, 0) is 4.79 Å². The minimum Gasteiger partial charge on any atom is -0.493 e. The second-order valence-electron chi connectivity index (χ2n) is 5.71. The number of carbonyl (C=O) groups excluding carboxylic acids is 1. The van der Waals surface area contributed by atoms with Crippen LogP contribution in [0.15, 0.2) is 32.9 Å². The molecule has 2 aromatic rings. The zero-order valence-corrected chi connectivity index (χ0v) is 14.1. The van der Waals surface area contributed by atoms with E-state index in [0.717, 1.165) is 39.7 Å². The molecular weight excluding hydrogens is 366 g/mol. The summed E-state index contributed by atoms with van der Waals surface area (Å²) in [5.74, 6) is 1.91. The van der Waals surface area contributed by atoms with Gasteiger partial charge < -0.3 is 9.67 Å². The van der Waals surface area contributed by atoms with Crippen LogP contribution in [0.2, 0.25) is 0 Å². The minimum atomic E-state index is -0.186. The first kappa shape index (κ1) is 14.3. The van der Waals surface area contributed by atoms with Gasteiger partial charge in [0.25, 0.3) is 5.91 Å². The normalized spacial score (nSPS) is 19.0. The summed E-state index contributed by atoms with van der Waals surface area (Å²) in [6.07, 6.45) is 1.80. The Bertz CT molecular complexity index is 794. The molecule has 5 nitrogen and oxygen atoms in total. The van der Waals surface area contributed by atoms with E-state index >= 15 is 0 Å². The summed E-state index contributed by atoms with van der Waals surface area (Å²) in [6.45, 7) is 0. The standard InChI is InChI=1S/C15H14BrN3O2S/c16-9-3-4-12-11(5-9)13(17-18-14(20)8-1-2-8)15(21)19(12)10-6-22-7-10/h3-5,8,10,21H,1-2,6-7H2. The van der Waals surface area contributed by atoms with E-state index < -0.39 is 0 Å². The molecule has 1 saturated heterocycles. The summed E-state index contributed by atoms with van der Waals surface area (Å²) in [6, 6.07) is 6.09. The fraction of sp³-hybridized carbons (Fsp3) is 0.400. The Balaban J connectivity index is 1.83. The molecule has 1 aliphatic heterocycles. The van der Waals surface area contributed by atoms with Crippen LogP contribution in [-0.4, -0.2) is 27.1 Å². The molecule has 0 unspecified atom stereocenters. The third kappa shape index (κ3) is 2.36. The van der Waals surface area contributed by atoms with Gasteiger partial charge in [0.2, 0.25) is 5.88 Å². The molecule has 1 N–H and O–H groups in total. The van der Waals surface area contributed by atoms with E-state index in [2.05, 4.69) is 26.2 Å². The summed E-state index contributed by atoms with van der Waals surface area (Å²) in [7, 11) is 0. The Kier molecular flexibility index (Phi) is 3.49. The lowest BCUT2D eigenvalue weighted by Crippen LogP contribution is -2.22. The topological polar surface area (TPSA) is 66.9 Å². The maximum absolute atomic E-state index is 11.7. The van der Waals surface area contributed by atoms with E-state index in [4.69, 9.17) is 0 Å². The first-order valence-corrected chi connectivity index (χ1v) is 9.15. The number of hydrogen-bond acceptors (Lipinski definition) is 4. The molecule has 1 amide bonds. The van der Waals surface area contributed by atoms with Gasteiger partial charge in [0.15, 0.2) is 5.69 Å². The van der Waals surface area contributed by atoms with E-state index in [0.29, 0.717) is 5.69 Å². The molecule has 0 bridgehead atoms. The molecular formula is C15H14BrN3O2S. The Morgan fingerprint density at radius 3 is 2.77 bits per heavy atom. The van der Waals surface area contributed by atoms with Crippen LogP contribution in [0.25, 0.3) is 10.9 Å². The van der Waals surface area contributed by atoms with Crippen molar-refractivity contribution in [1.82, 2.24) is 4.57 Å². The number of rotatable bonds is 3. The van der Waals surface area contributed by atoms with Gasteiger partial charge in [0.05, 0.1) is 11.6 Å². The molecule has 2 aliphatic rings. The molecule has 1 aliphatic carbocycles. The number of benzene rings is 1. The van der Waals surface area contributed by atoms with Crippen molar-refractivity contribution in [3.8, 4) is 5.88 Å². The van der Waals surface area contributed by atoms with Gasteiger partial charge in [0, 0.05) is 27.3 Å². The van der Waals surface area contributed by atoms with Gasteiger partial charge in [-0.3, -0.25) is 4.79 Å². The molecule has 1 saturated carbocycles. The van der Waals surface area contributed by atoms with Crippen LogP contribution in [0.5, 0.6) is 5.88 Å². The van der Waals surface area contributed by atoms with Crippen molar-refractivity contribution in [2.75, 3.05) is 11.5 Å². The number of carbonyl (C=O) groups is 1. The number of aromatic hydroxyl groups is 1. The SMILES string of the molecule is O=C(N=Nc1c(O)n(C2CSC2)c2ccc(Br)cc12)C1CC1. The van der Waals surface area contributed by atoms with Gasteiger partial charge in [-0.25, -0.2) is 0 Å². The van der Waals surface area contributed by atoms with E-state index in [-0.39, 0.29) is 23.7 Å². The summed E-state index contributed by atoms with van der Waals surface area (Å²) in [5.41, 5.74) is 1.32. The molecule has 4 rings (SSSR count). The third-order valence-corrected chi connectivity index (χ3v) is 5.81. The monoisotopic (exact) mass is 379 g/mol. The van der Waals surface area contributed by atoms with Crippen LogP contribution in [0.1, 0.15) is 18.9 Å². The van der Waals surface area contributed by atoms with Gasteiger partial charge in [-0.05, 0) is 31.0 Å². The number of nitrogens with zero attached hydrogens (tertiary/aromatic N) is 3. The van der Waals surface area contributed by atoms with E-state index in [1.165, 1.54) is 0 Å². The summed E-state index contributed by atoms with van der Waals surface area (Å²) in [4.78, 5) is 11.7. The molecule has 114 valence electrons. The van der Waals surface area contributed by atoms with Gasteiger partial charge in [-0.15, -0.1) is 10.2 Å². The number of thioether (sulfide) groups is 1. The van der Waals surface area contributed by atoms with Crippen molar-refractivity contribution in [2.45, 2.75) is 18.9 Å². The lowest BCUT2D eigenvalue weighted by atomic mass is 10.2. The molecule has 0 atom stereocenters. The molecule has 0 radical (unpaired) electrons. The zero-order valence-electron chi connectivity index (χ0n) is 11.7. The Morgan fingerprint density at radius 1 is 1.36 bits per heavy atom. The highest BCUT2D eigenvalue weighted by Crippen LogP contribution is 2.45. The molecule has 1 aromatic carbocycles. The molecule has 22 heavy (non-hydrogen) atoms. The Morgan fingerprint density at radius 2 is 2.14 bits per heavy atom. The average molecular weight is 380 g/mol. The van der Waals surface area contributed by atoms with Crippen molar-refractivity contribution >= 4 is 50.2 Å². The number of aromatic nitrogens is 1. The van der Waals surface area contributed by atoms with Crippen molar-refractivity contribution in [3.63, 3.8) is 0 Å². The molecule has 7 heteroatoms. The van der Waals surface area contributed by atoms with Crippen molar-refractivity contribution < 1.29 is 9.90 Å². The van der Waals surface area contributed by atoms with Crippen molar-refractivity contribution in [1.29, 1.82) is 0 Å². The molecule has 1 aromatic heterocycles. The number of amides is 1. The minimum absolute atomic E-state index is 0.0361. The number of fused-ring (bicyclic) bond motifs is 1. The van der Waals surface area contributed by atoms with E-state index in [9.17, 15) is 9.90 Å². The van der Waals surface area contributed by atoms with Crippen LogP contribution < -0.4 is 0 Å². The predicted molar refractivity (Wildman–Crippen MR) is 89.9 cm³/mol. The molecule has 2 heterocycles. The largest absolute Gasteiger partial charge is 0.493 e. The predicted octanol–water partition coefficient (Wildman–Crippen LogP) is 4.42. The fourth-order valence-electron chi connectivity index (χ4n) is 2.61.